The maximum atomic E-state index is 12.7. The number of aryl methyl sites for hydroxylation is 2. The Morgan fingerprint density at radius 2 is 1.91 bits per heavy atom. The Morgan fingerprint density at radius 3 is 2.48 bits per heavy atom. The van der Waals surface area contributed by atoms with Crippen LogP contribution in [0.2, 0.25) is 0 Å². The van der Waals surface area contributed by atoms with E-state index in [1.54, 1.807) is 0 Å². The molecule has 2 unspecified atom stereocenters. The van der Waals surface area contributed by atoms with Crippen molar-refractivity contribution in [1.82, 2.24) is 24.9 Å². The number of H-pyrrole nitrogens is 1. The molecule has 0 saturated carbocycles. The summed E-state index contributed by atoms with van der Waals surface area (Å²) in [5.41, 5.74) is 4.32. The summed E-state index contributed by atoms with van der Waals surface area (Å²) in [5, 5.41) is 11.7. The Morgan fingerprint density at radius 1 is 1.26 bits per heavy atom. The van der Waals surface area contributed by atoms with Gasteiger partial charge < -0.3 is 4.90 Å². The van der Waals surface area contributed by atoms with Crippen molar-refractivity contribution in [3.05, 3.63) is 23.1 Å². The van der Waals surface area contributed by atoms with Gasteiger partial charge in [-0.1, -0.05) is 13.8 Å². The summed E-state index contributed by atoms with van der Waals surface area (Å²) in [6.07, 6.45) is 1.19. The minimum Gasteiger partial charge on any atom is -0.337 e. The smallest absolute Gasteiger partial charge is 0.271 e. The van der Waals surface area contributed by atoms with Gasteiger partial charge in [0.15, 0.2) is 0 Å². The molecule has 6 heteroatoms. The molecule has 0 aromatic carbocycles. The molecule has 1 aliphatic rings. The summed E-state index contributed by atoms with van der Waals surface area (Å²) in [7, 11) is 1.92. The lowest BCUT2D eigenvalue weighted by molar-refractivity contribution is 0.0617. The summed E-state index contributed by atoms with van der Waals surface area (Å²) in [4.78, 5) is 14.7. The molecule has 0 bridgehead atoms. The van der Waals surface area contributed by atoms with Crippen LogP contribution in [0.1, 0.15) is 42.1 Å². The number of carbonyl (C=O) groups is 1. The van der Waals surface area contributed by atoms with Crippen LogP contribution in [0.3, 0.4) is 0 Å². The number of piperidine rings is 1. The Bertz CT molecular complexity index is 719. The van der Waals surface area contributed by atoms with E-state index in [2.05, 4.69) is 29.1 Å². The number of carbonyl (C=O) groups excluding carboxylic acids is 1. The molecule has 2 atom stereocenters. The van der Waals surface area contributed by atoms with Crippen LogP contribution in [0, 0.1) is 25.7 Å². The van der Waals surface area contributed by atoms with Crippen LogP contribution >= 0.6 is 0 Å². The molecule has 0 aliphatic carbocycles. The van der Waals surface area contributed by atoms with Gasteiger partial charge in [-0.25, -0.2) is 0 Å². The molecule has 0 radical (unpaired) electrons. The van der Waals surface area contributed by atoms with Crippen molar-refractivity contribution in [2.45, 2.75) is 34.1 Å². The highest BCUT2D eigenvalue weighted by atomic mass is 16.2. The zero-order valence-electron chi connectivity index (χ0n) is 14.6. The summed E-state index contributed by atoms with van der Waals surface area (Å²) in [5.74, 6) is 1.14. The molecular formula is C17H25N5O. The van der Waals surface area contributed by atoms with Crippen molar-refractivity contribution in [2.75, 3.05) is 13.1 Å². The van der Waals surface area contributed by atoms with E-state index in [1.165, 1.54) is 6.42 Å². The van der Waals surface area contributed by atoms with Gasteiger partial charge in [-0.2, -0.15) is 10.2 Å². The molecular weight excluding hydrogens is 290 g/mol. The van der Waals surface area contributed by atoms with Gasteiger partial charge in [-0.15, -0.1) is 0 Å². The van der Waals surface area contributed by atoms with Crippen molar-refractivity contribution in [1.29, 1.82) is 0 Å². The predicted molar refractivity (Wildman–Crippen MR) is 89.1 cm³/mol. The van der Waals surface area contributed by atoms with E-state index in [0.717, 1.165) is 35.7 Å². The molecule has 6 nitrogen and oxygen atoms in total. The first kappa shape index (κ1) is 15.8. The van der Waals surface area contributed by atoms with Crippen molar-refractivity contribution >= 4 is 5.91 Å². The number of rotatable bonds is 2. The topological polar surface area (TPSA) is 66.8 Å². The number of aromatic amines is 1. The largest absolute Gasteiger partial charge is 0.337 e. The van der Waals surface area contributed by atoms with E-state index in [0.29, 0.717) is 17.5 Å². The second-order valence-electron chi connectivity index (χ2n) is 6.99. The maximum absolute atomic E-state index is 12.7. The number of aromatic nitrogens is 4. The fourth-order valence-electron chi connectivity index (χ4n) is 3.70. The Hall–Kier alpha value is -2.11. The van der Waals surface area contributed by atoms with E-state index in [4.69, 9.17) is 0 Å². The minimum absolute atomic E-state index is 0.0429. The SMILES string of the molecule is Cc1nn(C)c(C)c1-c1cc(C(=O)N2CC(C)CC(C)C2)[nH]n1. The molecule has 1 aliphatic heterocycles. The lowest BCUT2D eigenvalue weighted by Gasteiger charge is -2.34. The highest BCUT2D eigenvalue weighted by molar-refractivity contribution is 5.93. The van der Waals surface area contributed by atoms with E-state index >= 15 is 0 Å². The van der Waals surface area contributed by atoms with Gasteiger partial charge in [-0.05, 0) is 38.2 Å². The number of hydrogen-bond acceptors (Lipinski definition) is 3. The van der Waals surface area contributed by atoms with E-state index < -0.39 is 0 Å². The summed E-state index contributed by atoms with van der Waals surface area (Å²) >= 11 is 0. The molecule has 1 amide bonds. The minimum atomic E-state index is 0.0429. The lowest BCUT2D eigenvalue weighted by Crippen LogP contribution is -2.42. The first-order valence-corrected chi connectivity index (χ1v) is 8.22. The molecule has 2 aromatic rings. The highest BCUT2D eigenvalue weighted by Crippen LogP contribution is 2.26. The molecule has 1 saturated heterocycles. The number of likely N-dealkylation sites (tertiary alicyclic amines) is 1. The quantitative estimate of drug-likeness (QED) is 0.926. The van der Waals surface area contributed by atoms with E-state index in [9.17, 15) is 4.79 Å². The zero-order chi connectivity index (χ0) is 16.7. The third-order valence-electron chi connectivity index (χ3n) is 4.73. The van der Waals surface area contributed by atoms with Crippen LogP contribution in [-0.2, 0) is 7.05 Å². The average molecular weight is 315 g/mol. The van der Waals surface area contributed by atoms with Crippen molar-refractivity contribution in [3.8, 4) is 11.3 Å². The van der Waals surface area contributed by atoms with Crippen LogP contribution in [0.4, 0.5) is 0 Å². The van der Waals surface area contributed by atoms with Gasteiger partial charge >= 0.3 is 0 Å². The fourth-order valence-corrected chi connectivity index (χ4v) is 3.70. The average Bonchev–Trinajstić information content (AvgIpc) is 3.03. The van der Waals surface area contributed by atoms with Gasteiger partial charge in [0, 0.05) is 31.4 Å². The first-order valence-electron chi connectivity index (χ1n) is 8.22. The molecule has 3 rings (SSSR count). The standard InChI is InChI=1S/C17H25N5O/c1-10-6-11(2)9-22(8-10)17(23)15-7-14(18-19-15)16-12(3)20-21(5)13(16)4/h7,10-11H,6,8-9H2,1-5H3,(H,18,19). The maximum Gasteiger partial charge on any atom is 0.271 e. The highest BCUT2D eigenvalue weighted by Gasteiger charge is 2.27. The van der Waals surface area contributed by atoms with Crippen molar-refractivity contribution in [3.63, 3.8) is 0 Å². The van der Waals surface area contributed by atoms with Crippen LogP contribution in [-0.4, -0.2) is 43.9 Å². The molecule has 2 aromatic heterocycles. The number of nitrogens with one attached hydrogen (secondary N) is 1. The molecule has 0 spiro atoms. The Balaban J connectivity index is 1.85. The van der Waals surface area contributed by atoms with Gasteiger partial charge in [-0.3, -0.25) is 14.6 Å². The second-order valence-corrected chi connectivity index (χ2v) is 6.99. The molecule has 1 fully saturated rings. The fraction of sp³-hybridized carbons (Fsp3) is 0.588. The third-order valence-corrected chi connectivity index (χ3v) is 4.73. The summed E-state index contributed by atoms with van der Waals surface area (Å²) < 4.78 is 1.84. The van der Waals surface area contributed by atoms with E-state index in [1.807, 2.05) is 36.5 Å². The number of nitrogens with zero attached hydrogens (tertiary/aromatic N) is 4. The number of hydrogen-bond donors (Lipinski definition) is 1. The summed E-state index contributed by atoms with van der Waals surface area (Å²) in [6.45, 7) is 10.0. The molecule has 3 heterocycles. The lowest BCUT2D eigenvalue weighted by atomic mass is 9.92. The normalized spacial score (nSPS) is 21.7. The van der Waals surface area contributed by atoms with Gasteiger partial charge in [0.05, 0.1) is 11.4 Å². The van der Waals surface area contributed by atoms with Crippen LogP contribution in [0.25, 0.3) is 11.3 Å². The van der Waals surface area contributed by atoms with Gasteiger partial charge in [0.25, 0.3) is 5.91 Å². The number of amides is 1. The van der Waals surface area contributed by atoms with E-state index in [-0.39, 0.29) is 5.91 Å². The first-order chi connectivity index (χ1) is 10.9. The van der Waals surface area contributed by atoms with Gasteiger partial charge in [0.2, 0.25) is 0 Å². The summed E-state index contributed by atoms with van der Waals surface area (Å²) in [6, 6.07) is 1.85. The van der Waals surface area contributed by atoms with Crippen molar-refractivity contribution in [2.24, 2.45) is 18.9 Å². The molecule has 124 valence electrons. The van der Waals surface area contributed by atoms with Crippen molar-refractivity contribution < 1.29 is 4.79 Å². The molecule has 1 N–H and O–H groups in total. The zero-order valence-corrected chi connectivity index (χ0v) is 14.6. The Labute approximate surface area is 136 Å². The monoisotopic (exact) mass is 315 g/mol. The third kappa shape index (κ3) is 2.90. The molecule has 23 heavy (non-hydrogen) atoms. The second kappa shape index (κ2) is 5.83. The predicted octanol–water partition coefficient (Wildman–Crippen LogP) is 2.55. The van der Waals surface area contributed by atoms with Crippen LogP contribution in [0.15, 0.2) is 6.07 Å². The Kier molecular flexibility index (Phi) is 4.00. The van der Waals surface area contributed by atoms with Crippen LogP contribution < -0.4 is 0 Å². The van der Waals surface area contributed by atoms with Crippen LogP contribution in [0.5, 0.6) is 0 Å². The van der Waals surface area contributed by atoms with Gasteiger partial charge in [0.1, 0.15) is 5.69 Å².